The largest absolute Gasteiger partial charge is 0.492 e. The molecule has 5 rings (SSSR count). The molecule has 6 heteroatoms. The summed E-state index contributed by atoms with van der Waals surface area (Å²) in [6, 6.07) is 14.2. The molecule has 2 aromatic heterocycles. The van der Waals surface area contributed by atoms with Crippen molar-refractivity contribution in [2.24, 2.45) is 5.92 Å². The standard InChI is InChI=1S/C21H18N4O2/c26-21-6-13(10-23-21)11-27-20-9-15(8-18-16(20)2-1-5-22-18)14-3-4-17-19(7-14)25-12-24-17/h1-5,7-9,12-13H,6,10-11H2,(H,23,26)(H,24,25). The average molecular weight is 358 g/mol. The molecule has 1 aliphatic heterocycles. The zero-order chi connectivity index (χ0) is 18.2. The highest BCUT2D eigenvalue weighted by atomic mass is 16.5. The second-order valence-electron chi connectivity index (χ2n) is 6.86. The van der Waals surface area contributed by atoms with Gasteiger partial charge in [0.15, 0.2) is 0 Å². The Morgan fingerprint density at radius 3 is 2.89 bits per heavy atom. The van der Waals surface area contributed by atoms with E-state index in [4.69, 9.17) is 4.74 Å². The number of fused-ring (bicyclic) bond motifs is 2. The summed E-state index contributed by atoms with van der Waals surface area (Å²) in [7, 11) is 0. The first-order valence-corrected chi connectivity index (χ1v) is 8.98. The van der Waals surface area contributed by atoms with Gasteiger partial charge < -0.3 is 15.0 Å². The van der Waals surface area contributed by atoms with Crippen LogP contribution in [0.25, 0.3) is 33.1 Å². The summed E-state index contributed by atoms with van der Waals surface area (Å²) in [5.41, 5.74) is 4.90. The third-order valence-electron chi connectivity index (χ3n) is 4.97. The lowest BCUT2D eigenvalue weighted by atomic mass is 10.0. The smallest absolute Gasteiger partial charge is 0.220 e. The van der Waals surface area contributed by atoms with Crippen molar-refractivity contribution in [1.82, 2.24) is 20.3 Å². The van der Waals surface area contributed by atoms with Crippen LogP contribution in [0, 0.1) is 5.92 Å². The van der Waals surface area contributed by atoms with Gasteiger partial charge >= 0.3 is 0 Å². The predicted octanol–water partition coefficient (Wildman–Crippen LogP) is 3.29. The lowest BCUT2D eigenvalue weighted by molar-refractivity contribution is -0.119. The molecule has 1 aliphatic rings. The Labute approximate surface area is 155 Å². The molecule has 2 N–H and O–H groups in total. The first-order valence-electron chi connectivity index (χ1n) is 8.98. The zero-order valence-corrected chi connectivity index (χ0v) is 14.6. The van der Waals surface area contributed by atoms with Gasteiger partial charge in [0.05, 0.1) is 29.5 Å². The molecule has 1 unspecified atom stereocenters. The van der Waals surface area contributed by atoms with Crippen molar-refractivity contribution in [3.63, 3.8) is 0 Å². The fourth-order valence-electron chi connectivity index (χ4n) is 3.54. The molecule has 3 heterocycles. The number of benzene rings is 2. The van der Waals surface area contributed by atoms with Crippen LogP contribution in [0.4, 0.5) is 0 Å². The monoisotopic (exact) mass is 358 g/mol. The number of pyridine rings is 1. The first kappa shape index (κ1) is 15.8. The maximum absolute atomic E-state index is 11.4. The summed E-state index contributed by atoms with van der Waals surface area (Å²) in [4.78, 5) is 23.4. The van der Waals surface area contributed by atoms with Crippen LogP contribution in [0.2, 0.25) is 0 Å². The number of hydrogen-bond donors (Lipinski definition) is 2. The van der Waals surface area contributed by atoms with Crippen molar-refractivity contribution < 1.29 is 9.53 Å². The van der Waals surface area contributed by atoms with Crippen LogP contribution in [-0.4, -0.2) is 34.0 Å². The van der Waals surface area contributed by atoms with E-state index in [1.807, 2.05) is 24.3 Å². The minimum absolute atomic E-state index is 0.0937. The highest BCUT2D eigenvalue weighted by molar-refractivity contribution is 5.91. The summed E-state index contributed by atoms with van der Waals surface area (Å²) in [6.07, 6.45) is 4.00. The number of H-pyrrole nitrogens is 1. The highest BCUT2D eigenvalue weighted by Crippen LogP contribution is 2.33. The Kier molecular flexibility index (Phi) is 3.74. The quantitative estimate of drug-likeness (QED) is 0.587. The van der Waals surface area contributed by atoms with E-state index in [0.717, 1.165) is 38.8 Å². The van der Waals surface area contributed by atoms with Crippen molar-refractivity contribution in [3.05, 3.63) is 55.0 Å². The topological polar surface area (TPSA) is 79.9 Å². The van der Waals surface area contributed by atoms with Gasteiger partial charge in [-0.05, 0) is 47.5 Å². The summed E-state index contributed by atoms with van der Waals surface area (Å²) in [5, 5.41) is 3.83. The molecule has 0 spiro atoms. The highest BCUT2D eigenvalue weighted by Gasteiger charge is 2.22. The van der Waals surface area contributed by atoms with Crippen molar-refractivity contribution in [3.8, 4) is 16.9 Å². The van der Waals surface area contributed by atoms with Gasteiger partial charge in [-0.3, -0.25) is 9.78 Å². The van der Waals surface area contributed by atoms with Gasteiger partial charge in [-0.2, -0.15) is 0 Å². The third kappa shape index (κ3) is 2.99. The number of rotatable bonds is 4. The predicted molar refractivity (Wildman–Crippen MR) is 103 cm³/mol. The zero-order valence-electron chi connectivity index (χ0n) is 14.6. The number of carbonyl (C=O) groups excluding carboxylic acids is 1. The summed E-state index contributed by atoms with van der Waals surface area (Å²) < 4.78 is 6.13. The number of ether oxygens (including phenoxy) is 1. The van der Waals surface area contributed by atoms with Gasteiger partial charge in [0.25, 0.3) is 0 Å². The fourth-order valence-corrected chi connectivity index (χ4v) is 3.54. The van der Waals surface area contributed by atoms with Gasteiger partial charge in [-0.15, -0.1) is 0 Å². The van der Waals surface area contributed by atoms with Crippen LogP contribution in [0.5, 0.6) is 5.75 Å². The number of amides is 1. The molecule has 2 aromatic carbocycles. The van der Waals surface area contributed by atoms with Gasteiger partial charge in [-0.25, -0.2) is 4.98 Å². The normalized spacial score (nSPS) is 16.7. The number of hydrogen-bond acceptors (Lipinski definition) is 4. The van der Waals surface area contributed by atoms with Crippen LogP contribution < -0.4 is 10.1 Å². The molecule has 0 radical (unpaired) electrons. The van der Waals surface area contributed by atoms with Gasteiger partial charge in [0, 0.05) is 30.5 Å². The van der Waals surface area contributed by atoms with E-state index in [0.29, 0.717) is 19.6 Å². The van der Waals surface area contributed by atoms with Crippen LogP contribution in [0.15, 0.2) is 55.0 Å². The average Bonchev–Trinajstić information content (AvgIpc) is 3.33. The van der Waals surface area contributed by atoms with E-state index in [-0.39, 0.29) is 11.8 Å². The number of carbonyl (C=O) groups is 1. The number of imidazole rings is 1. The molecule has 0 aliphatic carbocycles. The molecule has 1 saturated heterocycles. The van der Waals surface area contributed by atoms with Crippen LogP contribution in [-0.2, 0) is 4.79 Å². The molecule has 0 saturated carbocycles. The maximum Gasteiger partial charge on any atom is 0.220 e. The van der Waals surface area contributed by atoms with E-state index < -0.39 is 0 Å². The van der Waals surface area contributed by atoms with Gasteiger partial charge in [0.1, 0.15) is 5.75 Å². The third-order valence-corrected chi connectivity index (χ3v) is 4.97. The Morgan fingerprint density at radius 1 is 1.07 bits per heavy atom. The second kappa shape index (κ2) is 6.39. The molecule has 1 atom stereocenters. The van der Waals surface area contributed by atoms with E-state index in [2.05, 4.69) is 38.5 Å². The maximum atomic E-state index is 11.4. The lowest BCUT2D eigenvalue weighted by Gasteiger charge is -2.14. The van der Waals surface area contributed by atoms with Gasteiger partial charge in [0.2, 0.25) is 5.91 Å². The molecular formula is C21H18N4O2. The van der Waals surface area contributed by atoms with E-state index in [9.17, 15) is 4.79 Å². The molecule has 1 fully saturated rings. The molecular weight excluding hydrogens is 340 g/mol. The van der Waals surface area contributed by atoms with E-state index >= 15 is 0 Å². The van der Waals surface area contributed by atoms with Crippen molar-refractivity contribution >= 4 is 27.8 Å². The molecule has 134 valence electrons. The minimum Gasteiger partial charge on any atom is -0.492 e. The van der Waals surface area contributed by atoms with Crippen LogP contribution in [0.1, 0.15) is 6.42 Å². The van der Waals surface area contributed by atoms with Crippen molar-refractivity contribution in [2.75, 3.05) is 13.2 Å². The molecule has 0 bridgehead atoms. The molecule has 4 aromatic rings. The number of nitrogens with one attached hydrogen (secondary N) is 2. The fraction of sp³-hybridized carbons (Fsp3) is 0.190. The summed E-state index contributed by atoms with van der Waals surface area (Å²) >= 11 is 0. The summed E-state index contributed by atoms with van der Waals surface area (Å²) in [6.45, 7) is 1.18. The molecule has 6 nitrogen and oxygen atoms in total. The Bertz CT molecular complexity index is 1150. The summed E-state index contributed by atoms with van der Waals surface area (Å²) in [5.74, 6) is 1.08. The SMILES string of the molecule is O=C1CC(COc2cc(-c3ccc4[nH]cnc4c3)cc3ncccc23)CN1. The number of aromatic amines is 1. The second-order valence-corrected chi connectivity index (χ2v) is 6.86. The van der Waals surface area contributed by atoms with Crippen LogP contribution >= 0.6 is 0 Å². The lowest BCUT2D eigenvalue weighted by Crippen LogP contribution is -2.16. The number of nitrogens with zero attached hydrogens (tertiary/aromatic N) is 2. The Morgan fingerprint density at radius 2 is 2.00 bits per heavy atom. The number of aromatic nitrogens is 3. The van der Waals surface area contributed by atoms with Crippen molar-refractivity contribution in [2.45, 2.75) is 6.42 Å². The Hall–Kier alpha value is -3.41. The van der Waals surface area contributed by atoms with Crippen molar-refractivity contribution in [1.29, 1.82) is 0 Å². The minimum atomic E-state index is 0.0937. The van der Waals surface area contributed by atoms with E-state index in [1.54, 1.807) is 12.5 Å². The van der Waals surface area contributed by atoms with Crippen LogP contribution in [0.3, 0.4) is 0 Å². The van der Waals surface area contributed by atoms with Gasteiger partial charge in [-0.1, -0.05) is 6.07 Å². The first-order chi connectivity index (χ1) is 13.3. The molecule has 27 heavy (non-hydrogen) atoms. The molecule has 1 amide bonds. The Balaban J connectivity index is 1.53. The van der Waals surface area contributed by atoms with E-state index in [1.165, 1.54) is 0 Å².